The molecule has 0 heterocycles. The van der Waals surface area contributed by atoms with Gasteiger partial charge in [-0.3, -0.25) is 0 Å². The molecule has 3 aliphatic rings. The maximum Gasteiger partial charge on any atom is 0.0537 e. The first-order chi connectivity index (χ1) is 9.27. The summed E-state index contributed by atoms with van der Waals surface area (Å²) in [7, 11) is 0. The highest BCUT2D eigenvalue weighted by Crippen LogP contribution is 2.67. The summed E-state index contributed by atoms with van der Waals surface area (Å²) in [6.45, 7) is 0. The van der Waals surface area contributed by atoms with Gasteiger partial charge in [0.2, 0.25) is 0 Å². The van der Waals surface area contributed by atoms with Gasteiger partial charge >= 0.3 is 0 Å². The van der Waals surface area contributed by atoms with Gasteiger partial charge in [0.05, 0.1) is 10.8 Å². The standard InChI is InChI=1S/C17H14Cl2/c18-16-11-7-12(17(16)19)15-10-6-2-4-8-3-1-5-9(13(8)10)14(11)15/h1-6,11-12,14-17H,7H2. The number of halogens is 2. The number of rotatable bonds is 0. The monoisotopic (exact) mass is 288 g/mol. The summed E-state index contributed by atoms with van der Waals surface area (Å²) in [5.41, 5.74) is 3.06. The molecule has 0 saturated heterocycles. The van der Waals surface area contributed by atoms with E-state index in [1.165, 1.54) is 28.3 Å². The van der Waals surface area contributed by atoms with Crippen molar-refractivity contribution >= 4 is 34.0 Å². The second-order valence-corrected chi connectivity index (χ2v) is 7.30. The average molecular weight is 289 g/mol. The van der Waals surface area contributed by atoms with Crippen molar-refractivity contribution < 1.29 is 0 Å². The highest BCUT2D eigenvalue weighted by molar-refractivity contribution is 6.31. The number of alkyl halides is 2. The van der Waals surface area contributed by atoms with E-state index in [1.807, 2.05) is 0 Å². The van der Waals surface area contributed by atoms with Crippen LogP contribution in [0.1, 0.15) is 29.4 Å². The SMILES string of the molecule is ClC1C(Cl)C2CC1C1c3cccc4cccc(c34)C21. The van der Waals surface area contributed by atoms with Crippen molar-refractivity contribution in [1.82, 2.24) is 0 Å². The summed E-state index contributed by atoms with van der Waals surface area (Å²) in [4.78, 5) is 0. The lowest BCUT2D eigenvalue weighted by Gasteiger charge is -2.33. The van der Waals surface area contributed by atoms with Gasteiger partial charge in [-0.1, -0.05) is 36.4 Å². The third-order valence-corrected chi connectivity index (χ3v) is 6.98. The lowest BCUT2D eigenvalue weighted by Crippen LogP contribution is -2.31. The second-order valence-electron chi connectivity index (χ2n) is 6.30. The molecule has 5 rings (SSSR count). The van der Waals surface area contributed by atoms with Gasteiger partial charge in [0.1, 0.15) is 0 Å². The van der Waals surface area contributed by atoms with Crippen LogP contribution in [0.4, 0.5) is 0 Å². The smallest absolute Gasteiger partial charge is 0.0537 e. The third-order valence-electron chi connectivity index (χ3n) is 5.66. The van der Waals surface area contributed by atoms with E-state index < -0.39 is 0 Å². The Labute approximate surface area is 122 Å². The Bertz CT molecular complexity index is 638. The predicted octanol–water partition coefficient (Wildman–Crippen LogP) is 4.89. The lowest BCUT2D eigenvalue weighted by atomic mass is 9.77. The van der Waals surface area contributed by atoms with E-state index in [-0.39, 0.29) is 10.8 Å². The molecule has 6 atom stereocenters. The molecule has 3 aliphatic carbocycles. The fourth-order valence-electron chi connectivity index (χ4n) is 5.07. The zero-order chi connectivity index (χ0) is 12.7. The van der Waals surface area contributed by atoms with E-state index in [0.29, 0.717) is 23.7 Å². The minimum Gasteiger partial charge on any atom is -0.121 e. The van der Waals surface area contributed by atoms with Crippen LogP contribution >= 0.6 is 23.2 Å². The van der Waals surface area contributed by atoms with Crippen LogP contribution in [0.3, 0.4) is 0 Å². The fraction of sp³-hybridized carbons (Fsp3) is 0.412. The maximum atomic E-state index is 6.57. The van der Waals surface area contributed by atoms with Gasteiger partial charge in [0.25, 0.3) is 0 Å². The minimum absolute atomic E-state index is 0.150. The molecular formula is C17H14Cl2. The fourth-order valence-corrected chi connectivity index (χ4v) is 5.96. The Hall–Kier alpha value is -0.720. The molecule has 19 heavy (non-hydrogen) atoms. The average Bonchev–Trinajstić information content (AvgIpc) is 3.05. The van der Waals surface area contributed by atoms with Gasteiger partial charge in [-0.05, 0) is 52.0 Å². The topological polar surface area (TPSA) is 0 Å². The van der Waals surface area contributed by atoms with Crippen LogP contribution in [0.15, 0.2) is 36.4 Å². The van der Waals surface area contributed by atoms with Crippen LogP contribution < -0.4 is 0 Å². The summed E-state index contributed by atoms with van der Waals surface area (Å²) >= 11 is 13.1. The van der Waals surface area contributed by atoms with Crippen molar-refractivity contribution in [3.63, 3.8) is 0 Å². The number of fused-ring (bicyclic) bond motifs is 7. The van der Waals surface area contributed by atoms with Gasteiger partial charge in [0, 0.05) is 0 Å². The van der Waals surface area contributed by atoms with Crippen molar-refractivity contribution in [2.24, 2.45) is 11.8 Å². The third kappa shape index (κ3) is 1.15. The second kappa shape index (κ2) is 3.48. The molecular weight excluding hydrogens is 275 g/mol. The van der Waals surface area contributed by atoms with E-state index in [2.05, 4.69) is 36.4 Å². The summed E-state index contributed by atoms with van der Waals surface area (Å²) in [6.07, 6.45) is 1.21. The number of benzene rings is 2. The zero-order valence-corrected chi connectivity index (χ0v) is 11.9. The van der Waals surface area contributed by atoms with E-state index >= 15 is 0 Å². The van der Waals surface area contributed by atoms with E-state index in [9.17, 15) is 0 Å². The molecule has 2 heteroatoms. The summed E-state index contributed by atoms with van der Waals surface area (Å²) < 4.78 is 0. The van der Waals surface area contributed by atoms with Crippen molar-refractivity contribution in [2.75, 3.05) is 0 Å². The van der Waals surface area contributed by atoms with E-state index in [4.69, 9.17) is 23.2 Å². The molecule has 2 fully saturated rings. The Kier molecular flexibility index (Phi) is 2.01. The maximum absolute atomic E-state index is 6.57. The predicted molar refractivity (Wildman–Crippen MR) is 80.3 cm³/mol. The molecule has 2 aromatic rings. The van der Waals surface area contributed by atoms with E-state index in [0.717, 1.165) is 0 Å². The van der Waals surface area contributed by atoms with Gasteiger partial charge < -0.3 is 0 Å². The molecule has 0 radical (unpaired) electrons. The molecule has 0 amide bonds. The van der Waals surface area contributed by atoms with Crippen LogP contribution in [0.2, 0.25) is 0 Å². The van der Waals surface area contributed by atoms with Gasteiger partial charge in [-0.2, -0.15) is 0 Å². The highest BCUT2D eigenvalue weighted by Gasteiger charge is 2.60. The van der Waals surface area contributed by atoms with Crippen molar-refractivity contribution in [3.8, 4) is 0 Å². The largest absolute Gasteiger partial charge is 0.121 e. The molecule has 0 spiro atoms. The van der Waals surface area contributed by atoms with Gasteiger partial charge in [0.15, 0.2) is 0 Å². The Morgan fingerprint density at radius 3 is 1.84 bits per heavy atom. The first kappa shape index (κ1) is 11.0. The van der Waals surface area contributed by atoms with Crippen molar-refractivity contribution in [1.29, 1.82) is 0 Å². The van der Waals surface area contributed by atoms with Crippen molar-refractivity contribution in [2.45, 2.75) is 29.0 Å². The normalized spacial score (nSPS) is 42.0. The van der Waals surface area contributed by atoms with E-state index in [1.54, 1.807) is 0 Å². The van der Waals surface area contributed by atoms with Crippen LogP contribution in [0, 0.1) is 11.8 Å². The first-order valence-corrected chi connectivity index (χ1v) is 7.94. The van der Waals surface area contributed by atoms with Gasteiger partial charge in [-0.15, -0.1) is 23.2 Å². The molecule has 96 valence electrons. The molecule has 0 aliphatic heterocycles. The van der Waals surface area contributed by atoms with Crippen LogP contribution in [-0.2, 0) is 0 Å². The molecule has 2 saturated carbocycles. The Morgan fingerprint density at radius 1 is 0.789 bits per heavy atom. The Morgan fingerprint density at radius 2 is 1.32 bits per heavy atom. The molecule has 2 bridgehead atoms. The minimum atomic E-state index is 0.150. The summed E-state index contributed by atoms with van der Waals surface area (Å²) in [6, 6.07) is 13.5. The summed E-state index contributed by atoms with van der Waals surface area (Å²) in [5, 5.41) is 3.17. The van der Waals surface area contributed by atoms with Crippen molar-refractivity contribution in [3.05, 3.63) is 47.5 Å². The first-order valence-electron chi connectivity index (χ1n) is 7.07. The van der Waals surface area contributed by atoms with Gasteiger partial charge in [-0.25, -0.2) is 0 Å². The lowest BCUT2D eigenvalue weighted by molar-refractivity contribution is 0.390. The van der Waals surface area contributed by atoms with Crippen LogP contribution in [0.25, 0.3) is 10.8 Å². The zero-order valence-electron chi connectivity index (χ0n) is 10.4. The van der Waals surface area contributed by atoms with Crippen LogP contribution in [0.5, 0.6) is 0 Å². The molecule has 0 N–H and O–H groups in total. The van der Waals surface area contributed by atoms with Crippen LogP contribution in [-0.4, -0.2) is 10.8 Å². The molecule has 6 unspecified atom stereocenters. The molecule has 0 aromatic heterocycles. The molecule has 0 nitrogen and oxygen atoms in total. The number of hydrogen-bond donors (Lipinski definition) is 0. The molecule has 2 aromatic carbocycles. The quantitative estimate of drug-likeness (QED) is 0.606. The highest BCUT2D eigenvalue weighted by atomic mass is 35.5. The number of hydrogen-bond acceptors (Lipinski definition) is 0. The Balaban J connectivity index is 1.82. The summed E-state index contributed by atoms with van der Waals surface area (Å²) in [5.74, 6) is 2.36.